The number of pyridine rings is 1. The minimum Gasteiger partial charge on any atom is -0.486 e. The number of sulfonamides is 1. The van der Waals surface area contributed by atoms with E-state index in [4.69, 9.17) is 4.74 Å². The lowest BCUT2D eigenvalue weighted by molar-refractivity contribution is 0.298. The van der Waals surface area contributed by atoms with E-state index >= 15 is 0 Å². The molecule has 1 saturated heterocycles. The number of piperazine rings is 1. The van der Waals surface area contributed by atoms with Crippen molar-refractivity contribution in [2.75, 3.05) is 37.7 Å². The second-order valence-corrected chi connectivity index (χ2v) is 10.4. The Morgan fingerprint density at radius 2 is 1.71 bits per heavy atom. The van der Waals surface area contributed by atoms with Gasteiger partial charge in [0, 0.05) is 32.4 Å². The third-order valence-electron chi connectivity index (χ3n) is 5.94. The largest absolute Gasteiger partial charge is 0.486 e. The number of hydrogen-bond acceptors (Lipinski definition) is 7. The molecule has 4 rings (SSSR count). The third-order valence-corrected chi connectivity index (χ3v) is 7.79. The van der Waals surface area contributed by atoms with Gasteiger partial charge in [0.15, 0.2) is 5.82 Å². The van der Waals surface area contributed by atoms with Gasteiger partial charge in [-0.15, -0.1) is 0 Å². The van der Waals surface area contributed by atoms with Crippen LogP contribution in [0.4, 0.5) is 5.69 Å². The molecule has 0 saturated carbocycles. The van der Waals surface area contributed by atoms with Gasteiger partial charge in [-0.2, -0.15) is 14.1 Å². The van der Waals surface area contributed by atoms with Gasteiger partial charge in [0.2, 0.25) is 15.8 Å². The van der Waals surface area contributed by atoms with Gasteiger partial charge in [0.25, 0.3) is 0 Å². The Kier molecular flexibility index (Phi) is 8.14. The van der Waals surface area contributed by atoms with Crippen LogP contribution in [0.25, 0.3) is 5.82 Å². The summed E-state index contributed by atoms with van der Waals surface area (Å²) in [5.41, 5.74) is 0.968. The highest BCUT2D eigenvalue weighted by atomic mass is 32.2. The standard InChI is InChI=1S/C25H31N5O4S/c1-2-3-9-18-34-24-22(19-27-30(25(24)31)23-12-7-8-13-26-23)28-14-16-29(17-15-28)35(32,33)20-21-10-5-4-6-11-21/h4-8,10-13,19H,2-3,9,14-18,20H2,1H3. The van der Waals surface area contributed by atoms with Crippen molar-refractivity contribution in [2.45, 2.75) is 31.9 Å². The first kappa shape index (κ1) is 24.9. The van der Waals surface area contributed by atoms with Gasteiger partial charge in [-0.25, -0.2) is 13.4 Å². The molecule has 0 unspecified atom stereocenters. The van der Waals surface area contributed by atoms with E-state index < -0.39 is 10.0 Å². The molecule has 0 aliphatic carbocycles. The van der Waals surface area contributed by atoms with E-state index in [-0.39, 0.29) is 17.1 Å². The first-order chi connectivity index (χ1) is 17.0. The predicted octanol–water partition coefficient (Wildman–Crippen LogP) is 2.85. The Morgan fingerprint density at radius 3 is 2.40 bits per heavy atom. The van der Waals surface area contributed by atoms with E-state index in [1.165, 1.54) is 8.99 Å². The average molecular weight is 498 g/mol. The van der Waals surface area contributed by atoms with Crippen molar-refractivity contribution < 1.29 is 13.2 Å². The van der Waals surface area contributed by atoms with Crippen LogP contribution in [-0.2, 0) is 15.8 Å². The topological polar surface area (TPSA) is 97.6 Å². The summed E-state index contributed by atoms with van der Waals surface area (Å²) in [7, 11) is -3.44. The molecule has 1 aliphatic rings. The molecule has 3 heterocycles. The van der Waals surface area contributed by atoms with Crippen molar-refractivity contribution in [1.82, 2.24) is 19.1 Å². The van der Waals surface area contributed by atoms with Gasteiger partial charge in [-0.05, 0) is 24.1 Å². The van der Waals surface area contributed by atoms with Crippen molar-refractivity contribution >= 4 is 15.7 Å². The second kappa shape index (κ2) is 11.5. The summed E-state index contributed by atoms with van der Waals surface area (Å²) in [5.74, 6) is 0.614. The lowest BCUT2D eigenvalue weighted by Crippen LogP contribution is -2.49. The van der Waals surface area contributed by atoms with Gasteiger partial charge in [-0.1, -0.05) is 56.2 Å². The van der Waals surface area contributed by atoms with E-state index in [1.807, 2.05) is 35.2 Å². The molecule has 1 aromatic carbocycles. The first-order valence-electron chi connectivity index (χ1n) is 11.9. The Bertz CT molecular complexity index is 1260. The molecule has 0 atom stereocenters. The predicted molar refractivity (Wildman–Crippen MR) is 136 cm³/mol. The Balaban J connectivity index is 1.53. The zero-order valence-corrected chi connectivity index (χ0v) is 20.7. The van der Waals surface area contributed by atoms with Crippen molar-refractivity contribution in [3.63, 3.8) is 0 Å². The number of benzene rings is 1. The summed E-state index contributed by atoms with van der Waals surface area (Å²) in [6.45, 7) is 4.06. The van der Waals surface area contributed by atoms with Crippen molar-refractivity contribution in [1.29, 1.82) is 0 Å². The second-order valence-electron chi connectivity index (χ2n) is 8.45. The van der Waals surface area contributed by atoms with Gasteiger partial charge < -0.3 is 9.64 Å². The summed E-state index contributed by atoms with van der Waals surface area (Å²) in [6.07, 6.45) is 6.11. The number of ether oxygens (including phenoxy) is 1. The minimum absolute atomic E-state index is 0.0265. The SMILES string of the molecule is CCCCCOc1c(N2CCN(S(=O)(=O)Cc3ccccc3)CC2)cnn(-c2ccccn2)c1=O. The maximum Gasteiger partial charge on any atom is 0.317 e. The number of unbranched alkanes of at least 4 members (excludes halogenated alkanes) is 2. The molecule has 10 heteroatoms. The van der Waals surface area contributed by atoms with Crippen LogP contribution in [-0.4, -0.2) is 60.3 Å². The van der Waals surface area contributed by atoms with Crippen LogP contribution in [0.15, 0.2) is 65.7 Å². The highest BCUT2D eigenvalue weighted by Crippen LogP contribution is 2.26. The highest BCUT2D eigenvalue weighted by Gasteiger charge is 2.29. The molecule has 35 heavy (non-hydrogen) atoms. The van der Waals surface area contributed by atoms with E-state index in [2.05, 4.69) is 17.0 Å². The fraction of sp³-hybridized carbons (Fsp3) is 0.400. The van der Waals surface area contributed by atoms with Crippen molar-refractivity contribution in [3.8, 4) is 11.6 Å². The summed E-state index contributed by atoms with van der Waals surface area (Å²) in [4.78, 5) is 19.5. The quantitative estimate of drug-likeness (QED) is 0.397. The Hall–Kier alpha value is -3.24. The Morgan fingerprint density at radius 1 is 0.971 bits per heavy atom. The summed E-state index contributed by atoms with van der Waals surface area (Å²) in [6, 6.07) is 14.5. The molecule has 0 N–H and O–H groups in total. The number of anilines is 1. The van der Waals surface area contributed by atoms with Gasteiger partial charge in [0.05, 0.1) is 18.6 Å². The summed E-state index contributed by atoms with van der Waals surface area (Å²) in [5, 5.41) is 4.34. The van der Waals surface area contributed by atoms with E-state index in [1.54, 1.807) is 30.6 Å². The third kappa shape index (κ3) is 6.07. The van der Waals surface area contributed by atoms with Crippen molar-refractivity contribution in [3.05, 3.63) is 76.8 Å². The van der Waals surface area contributed by atoms with E-state index in [0.717, 1.165) is 24.8 Å². The van der Waals surface area contributed by atoms with E-state index in [9.17, 15) is 13.2 Å². The van der Waals surface area contributed by atoms with Crippen LogP contribution in [0.2, 0.25) is 0 Å². The molecule has 3 aromatic rings. The first-order valence-corrected chi connectivity index (χ1v) is 13.5. The maximum absolute atomic E-state index is 13.3. The van der Waals surface area contributed by atoms with Crippen molar-refractivity contribution in [2.24, 2.45) is 0 Å². The molecule has 9 nitrogen and oxygen atoms in total. The molecular formula is C25H31N5O4S. The molecule has 1 fully saturated rings. The van der Waals surface area contributed by atoms with Crippen LogP contribution < -0.4 is 15.2 Å². The smallest absolute Gasteiger partial charge is 0.317 e. The minimum atomic E-state index is -3.44. The molecule has 0 bridgehead atoms. The highest BCUT2D eigenvalue weighted by molar-refractivity contribution is 7.88. The number of nitrogens with zero attached hydrogens (tertiary/aromatic N) is 5. The number of rotatable bonds is 10. The summed E-state index contributed by atoms with van der Waals surface area (Å²) < 4.78 is 34.6. The van der Waals surface area contributed by atoms with Gasteiger partial charge in [0.1, 0.15) is 5.69 Å². The van der Waals surface area contributed by atoms with Crippen LogP contribution in [0.1, 0.15) is 31.7 Å². The fourth-order valence-electron chi connectivity index (χ4n) is 4.04. The molecule has 0 radical (unpaired) electrons. The summed E-state index contributed by atoms with van der Waals surface area (Å²) >= 11 is 0. The maximum atomic E-state index is 13.3. The molecule has 186 valence electrons. The average Bonchev–Trinajstić information content (AvgIpc) is 2.88. The van der Waals surface area contributed by atoms with Crippen LogP contribution >= 0.6 is 0 Å². The molecule has 0 spiro atoms. The molecule has 0 amide bonds. The molecule has 2 aromatic heterocycles. The zero-order chi connectivity index (χ0) is 24.7. The molecular weight excluding hydrogens is 466 g/mol. The normalized spacial score (nSPS) is 14.7. The number of aromatic nitrogens is 3. The van der Waals surface area contributed by atoms with Crippen LogP contribution in [0, 0.1) is 0 Å². The van der Waals surface area contributed by atoms with Crippen LogP contribution in [0.3, 0.4) is 0 Å². The van der Waals surface area contributed by atoms with E-state index in [0.29, 0.717) is 44.3 Å². The lowest BCUT2D eigenvalue weighted by Gasteiger charge is -2.35. The number of hydrogen-bond donors (Lipinski definition) is 0. The van der Waals surface area contributed by atoms with Gasteiger partial charge >= 0.3 is 5.56 Å². The lowest BCUT2D eigenvalue weighted by atomic mass is 10.2. The zero-order valence-electron chi connectivity index (χ0n) is 19.9. The monoisotopic (exact) mass is 497 g/mol. The van der Waals surface area contributed by atoms with Gasteiger partial charge in [-0.3, -0.25) is 4.79 Å². The Labute approximate surface area is 206 Å². The fourth-order valence-corrected chi connectivity index (χ4v) is 5.56. The molecule has 1 aliphatic heterocycles. The van der Waals surface area contributed by atoms with Crippen LogP contribution in [0.5, 0.6) is 5.75 Å².